The summed E-state index contributed by atoms with van der Waals surface area (Å²) in [5.74, 6) is -0.817. The van der Waals surface area contributed by atoms with Crippen molar-refractivity contribution in [3.63, 3.8) is 0 Å². The maximum absolute atomic E-state index is 12.8. The van der Waals surface area contributed by atoms with Crippen LogP contribution in [-0.2, 0) is 61.6 Å². The second-order valence-electron chi connectivity index (χ2n) is 19.2. The summed E-state index contributed by atoms with van der Waals surface area (Å²) in [4.78, 5) is 12.8. The summed E-state index contributed by atoms with van der Waals surface area (Å²) in [5.41, 5.74) is 5.52. The van der Waals surface area contributed by atoms with Crippen LogP contribution in [0.5, 0.6) is 0 Å². The van der Waals surface area contributed by atoms with Crippen molar-refractivity contribution in [1.82, 2.24) is 5.32 Å². The smallest absolute Gasteiger partial charge is 0.217 e. The highest BCUT2D eigenvalue weighted by molar-refractivity contribution is 5.73. The molecule has 0 aromatic heterocycles. The molecule has 33 nitrogen and oxygen atoms in total. The van der Waals surface area contributed by atoms with Gasteiger partial charge in [0.05, 0.1) is 84.4 Å². The fourth-order valence-electron chi connectivity index (χ4n) is 8.09. The van der Waals surface area contributed by atoms with Gasteiger partial charge in [0, 0.05) is 13.5 Å². The molecule has 1 amide bonds. The topological polar surface area (TPSA) is 530 Å². The molecule has 2 rings (SSSR count). The number of nitrogens with two attached hydrogens (primary N) is 1. The third-order valence-corrected chi connectivity index (χ3v) is 12.8. The highest BCUT2D eigenvalue weighted by Gasteiger charge is 2.51. The lowest BCUT2D eigenvalue weighted by molar-refractivity contribution is -0.347. The Labute approximate surface area is 462 Å². The van der Waals surface area contributed by atoms with Crippen LogP contribution in [0.15, 0.2) is 0 Å². The van der Waals surface area contributed by atoms with Crippen LogP contribution in [0.4, 0.5) is 0 Å². The Balaban J connectivity index is 2.49. The molecule has 0 aliphatic carbocycles. The normalized spacial score (nSPS) is 29.9. The van der Waals surface area contributed by atoms with E-state index in [1.807, 2.05) is 0 Å². The highest BCUT2D eigenvalue weighted by atomic mass is 16.8. The lowest BCUT2D eigenvalue weighted by Crippen LogP contribution is -2.67. The summed E-state index contributed by atoms with van der Waals surface area (Å²) >= 11 is 0. The molecule has 0 aromatic rings. The number of carbonyl (C=O) groups excluding carboxylic acids is 1. The number of aliphatic hydroxyl groups excluding tert-OH is 18. The predicted molar refractivity (Wildman–Crippen MR) is 264 cm³/mol. The second kappa shape index (κ2) is 39.0. The zero-order chi connectivity index (χ0) is 60.4. The van der Waals surface area contributed by atoms with Gasteiger partial charge in [-0.15, -0.1) is 0 Å². The van der Waals surface area contributed by atoms with Gasteiger partial charge in [0.2, 0.25) is 5.91 Å². The van der Waals surface area contributed by atoms with Crippen LogP contribution in [0, 0.1) is 0 Å². The molecule has 2 aliphatic rings. The lowest BCUT2D eigenvalue weighted by Gasteiger charge is -2.46. The zero-order valence-electron chi connectivity index (χ0n) is 45.6. The summed E-state index contributed by atoms with van der Waals surface area (Å²) in [6.45, 7) is -2.86. The highest BCUT2D eigenvalue weighted by Crippen LogP contribution is 2.31. The first kappa shape index (κ1) is 74.3. The number of amides is 1. The Morgan fingerprint density at radius 2 is 1.05 bits per heavy atom. The molecule has 2 saturated heterocycles. The summed E-state index contributed by atoms with van der Waals surface area (Å²) in [6, 6.07) is -1.68. The molecule has 26 atom stereocenters. The van der Waals surface area contributed by atoms with Gasteiger partial charge in [0.1, 0.15) is 104 Å². The van der Waals surface area contributed by atoms with Gasteiger partial charge >= 0.3 is 0 Å². The summed E-state index contributed by atoms with van der Waals surface area (Å²) in [6.07, 6.45) is -40.8. The minimum atomic E-state index is -2.03. The van der Waals surface area contributed by atoms with E-state index in [4.69, 9.17) is 62.6 Å². The van der Waals surface area contributed by atoms with Crippen molar-refractivity contribution in [2.45, 2.75) is 214 Å². The summed E-state index contributed by atoms with van der Waals surface area (Å²) in [5, 5.41) is 191. The Morgan fingerprint density at radius 1 is 0.525 bits per heavy atom. The second-order valence-corrected chi connectivity index (χ2v) is 19.2. The maximum atomic E-state index is 12.8. The molecule has 476 valence electrons. The van der Waals surface area contributed by atoms with Gasteiger partial charge in [-0.05, 0) is 53.5 Å². The molecule has 0 saturated carbocycles. The molecule has 0 spiro atoms. The number of rotatable bonds is 43. The van der Waals surface area contributed by atoms with Crippen molar-refractivity contribution in [2.24, 2.45) is 5.73 Å². The maximum Gasteiger partial charge on any atom is 0.217 e. The van der Waals surface area contributed by atoms with Gasteiger partial charge in [0.25, 0.3) is 0 Å². The average molecular weight is 1180 g/mol. The molecule has 21 N–H and O–H groups in total. The third-order valence-electron chi connectivity index (χ3n) is 12.8. The molecule has 0 radical (unpaired) electrons. The summed E-state index contributed by atoms with van der Waals surface area (Å²) in [7, 11) is 0. The average Bonchev–Trinajstić information content (AvgIpc) is 3.45. The van der Waals surface area contributed by atoms with Crippen LogP contribution in [0.25, 0.3) is 0 Å². The number of unbranched alkanes of at least 4 members (excludes halogenated alkanes) is 2. The van der Waals surface area contributed by atoms with E-state index in [2.05, 4.69) is 5.32 Å². The van der Waals surface area contributed by atoms with Crippen molar-refractivity contribution < 1.29 is 154 Å². The predicted octanol–water partition coefficient (Wildman–Crippen LogP) is -10.3. The number of ether oxygens (including phenoxy) is 12. The van der Waals surface area contributed by atoms with Crippen LogP contribution < -0.4 is 11.1 Å². The molecular formula is C47H92N2O31. The molecule has 2 aliphatic heterocycles. The van der Waals surface area contributed by atoms with Crippen LogP contribution >= 0.6 is 0 Å². The van der Waals surface area contributed by atoms with Crippen molar-refractivity contribution in [2.75, 3.05) is 79.2 Å². The third kappa shape index (κ3) is 23.2. The van der Waals surface area contributed by atoms with Gasteiger partial charge in [0.15, 0.2) is 37.7 Å². The van der Waals surface area contributed by atoms with E-state index < -0.39 is 232 Å². The number of hydrogen-bond donors (Lipinski definition) is 20. The Morgan fingerprint density at radius 3 is 1.56 bits per heavy atom. The van der Waals surface area contributed by atoms with Crippen molar-refractivity contribution in [3.05, 3.63) is 0 Å². The van der Waals surface area contributed by atoms with E-state index in [-0.39, 0.29) is 6.61 Å². The van der Waals surface area contributed by atoms with Gasteiger partial charge < -0.3 is 160 Å². The first-order valence-corrected chi connectivity index (χ1v) is 26.3. The van der Waals surface area contributed by atoms with Gasteiger partial charge in [-0.2, -0.15) is 0 Å². The van der Waals surface area contributed by atoms with Crippen molar-refractivity contribution in [1.29, 1.82) is 0 Å². The molecule has 0 aromatic carbocycles. The monoisotopic (exact) mass is 1180 g/mol. The molecule has 33 heteroatoms. The summed E-state index contributed by atoms with van der Waals surface area (Å²) < 4.78 is 69.5. The Bertz CT molecular complexity index is 1600. The van der Waals surface area contributed by atoms with E-state index >= 15 is 0 Å². The fourth-order valence-corrected chi connectivity index (χ4v) is 8.09. The first-order chi connectivity index (χ1) is 37.9. The first-order valence-electron chi connectivity index (χ1n) is 26.3. The van der Waals surface area contributed by atoms with Crippen LogP contribution in [-0.4, -0.2) is 337 Å². The van der Waals surface area contributed by atoms with Crippen LogP contribution in [0.3, 0.4) is 0 Å². The lowest BCUT2D eigenvalue weighted by atomic mass is 9.96. The van der Waals surface area contributed by atoms with Gasteiger partial charge in [-0.25, -0.2) is 0 Å². The van der Waals surface area contributed by atoms with E-state index in [0.29, 0.717) is 25.8 Å². The minimum Gasteiger partial charge on any atom is -0.394 e. The molecular weight excluding hydrogens is 1090 g/mol. The number of carbonyl (C=O) groups is 1. The molecule has 80 heavy (non-hydrogen) atoms. The SMILES string of the molecule is CC(=O)NC1C(OC[C@H](O)C(OC(CO)[C@@H](C)O)O[C@H](C)C(CO)OC(OC2C(CO)OC(OCCCCCN)C(O)C2O)[C@@H](O)CO)OC(CO)C(O)C1OC(OC(CO)[C@@H](C)O)[C@H](CO)O[C@@H](C)OC(CO)C(O)[C@H](O)CO. The van der Waals surface area contributed by atoms with Gasteiger partial charge in [-0.3, -0.25) is 4.79 Å². The number of nitrogens with one attached hydrogen (secondary N) is 1. The van der Waals surface area contributed by atoms with E-state index in [0.717, 1.165) is 6.92 Å². The van der Waals surface area contributed by atoms with Crippen LogP contribution in [0.1, 0.15) is 53.9 Å². The number of aliphatic hydroxyl groups is 18. The quantitative estimate of drug-likeness (QED) is 0.0199. The Kier molecular flexibility index (Phi) is 36.3. The largest absolute Gasteiger partial charge is 0.394 e. The molecule has 18 unspecified atom stereocenters. The minimum absolute atomic E-state index is 0.0990. The van der Waals surface area contributed by atoms with Crippen LogP contribution in [0.2, 0.25) is 0 Å². The van der Waals surface area contributed by atoms with Crippen molar-refractivity contribution >= 4 is 5.91 Å². The van der Waals surface area contributed by atoms with Gasteiger partial charge in [-0.1, -0.05) is 0 Å². The fraction of sp³-hybridized carbons (Fsp3) is 0.979. The van der Waals surface area contributed by atoms with E-state index in [1.165, 1.54) is 27.7 Å². The Hall–Kier alpha value is -1.77. The molecule has 2 fully saturated rings. The standard InChI is InChI=1S/C47H92N2O31/c1-21(59)29(13-52)74-44(71-23(3)31(15-54)76-43(27(63)12-51)79-41-34(18-57)78-47(40(68)39(41)67)69-10-8-6-7-9-48)28(64)20-70-46-36(49-24(4)61)42(38(66)33(17-56)77-46)80-45(75-30(14-53)22(2)60)35(19-58)73-25(5)72-32(16-55)37(65)26(62)11-50/h21-23,25-47,50-60,62-68H,6-20,48H2,1-5H3,(H,49,61)/t21-,22-,23-,25+,26-,27+,28+,29?,30?,31?,32?,33?,34?,35+,36?,37?,38?,39?,40?,41?,42?,43?,44?,45?,46?,47?/m1/s1. The van der Waals surface area contributed by atoms with Crippen molar-refractivity contribution in [3.8, 4) is 0 Å². The molecule has 2 heterocycles. The van der Waals surface area contributed by atoms with E-state index in [9.17, 15) is 96.7 Å². The van der Waals surface area contributed by atoms with E-state index in [1.54, 1.807) is 0 Å². The molecule has 0 bridgehead atoms. The number of hydrogen-bond acceptors (Lipinski definition) is 32. The zero-order valence-corrected chi connectivity index (χ0v) is 45.6.